The normalized spacial score (nSPS) is 13.6. The molecule has 0 spiro atoms. The van der Waals surface area contributed by atoms with E-state index in [0.29, 0.717) is 12.8 Å². The first kappa shape index (κ1) is 40.8. The molecule has 0 radical (unpaired) electrons. The molecule has 6 nitrogen and oxygen atoms in total. The molecular weight excluding hydrogens is 540 g/mol. The van der Waals surface area contributed by atoms with Crippen LogP contribution < -0.4 is 0 Å². The van der Waals surface area contributed by atoms with E-state index in [4.69, 9.17) is 9.47 Å². The van der Waals surface area contributed by atoms with E-state index in [1.807, 2.05) is 12.2 Å². The Balaban J connectivity index is 3.76. The van der Waals surface area contributed by atoms with Gasteiger partial charge in [-0.15, -0.1) is 0 Å². The maximum Gasteiger partial charge on any atom is 0.306 e. The first-order valence-corrected chi connectivity index (χ1v) is 17.1. The van der Waals surface area contributed by atoms with Crippen LogP contribution in [0.3, 0.4) is 0 Å². The highest BCUT2D eigenvalue weighted by atomic mass is 16.6. The van der Waals surface area contributed by atoms with Gasteiger partial charge < -0.3 is 19.7 Å². The van der Waals surface area contributed by atoms with E-state index >= 15 is 0 Å². The number of hydrogen-bond acceptors (Lipinski definition) is 6. The lowest BCUT2D eigenvalue weighted by molar-refractivity contribution is -0.161. The second-order valence-corrected chi connectivity index (χ2v) is 11.9. The molecule has 0 unspecified atom stereocenters. The summed E-state index contributed by atoms with van der Waals surface area (Å²) in [4.78, 5) is 24.1. The minimum atomic E-state index is -0.810. The summed E-state index contributed by atoms with van der Waals surface area (Å²) < 4.78 is 10.5. The van der Waals surface area contributed by atoms with Crippen molar-refractivity contribution in [3.63, 3.8) is 0 Å². The molecule has 2 N–H and O–H groups in total. The van der Waals surface area contributed by atoms with Gasteiger partial charge in [-0.2, -0.15) is 0 Å². The first-order chi connectivity index (χ1) is 20.9. The maximum absolute atomic E-state index is 12.1. The molecule has 0 aromatic carbocycles. The van der Waals surface area contributed by atoms with E-state index in [9.17, 15) is 19.8 Å². The summed E-state index contributed by atoms with van der Waals surface area (Å²) in [6.45, 7) is 6.21. The number of ether oxygens (including phenoxy) is 2. The molecule has 248 valence electrons. The van der Waals surface area contributed by atoms with Crippen molar-refractivity contribution in [1.29, 1.82) is 0 Å². The number of allylic oxidation sites excluding steroid dienone is 7. The Bertz CT molecular complexity index is 767. The summed E-state index contributed by atoms with van der Waals surface area (Å²) in [5.41, 5.74) is 0. The molecule has 43 heavy (non-hydrogen) atoms. The number of carbonyl (C=O) groups is 2. The molecule has 0 aliphatic carbocycles. The van der Waals surface area contributed by atoms with Crippen LogP contribution in [0.25, 0.3) is 0 Å². The lowest BCUT2D eigenvalue weighted by atomic mass is 10.0. The number of esters is 2. The highest BCUT2D eigenvalue weighted by molar-refractivity contribution is 5.70. The standard InChI is InChI=1S/C37H64O6/c1-4-5-27-34(39)28-23-19-15-10-8-6-7-9-11-17-21-25-30-37(41)43-35(31-38)32-42-36(40)29-24-20-16-13-12-14-18-22-26-33(2)3/h6-7,10-11,15,17,23,28,33-35,38-39H,4-5,8-9,12-14,16,18-22,24-27,29-32H2,1-3H3/b7-6-,15-10-,17-11-,28-23-/t34-,35+/m1/s1. The lowest BCUT2D eigenvalue weighted by Gasteiger charge is -2.15. The first-order valence-electron chi connectivity index (χ1n) is 17.1. The topological polar surface area (TPSA) is 93.1 Å². The Morgan fingerprint density at radius 3 is 1.84 bits per heavy atom. The molecule has 0 aliphatic heterocycles. The van der Waals surface area contributed by atoms with Gasteiger partial charge in [0.2, 0.25) is 0 Å². The minimum absolute atomic E-state index is 0.0995. The minimum Gasteiger partial charge on any atom is -0.462 e. The van der Waals surface area contributed by atoms with Crippen LogP contribution in [0.1, 0.15) is 143 Å². The zero-order chi connectivity index (χ0) is 31.8. The van der Waals surface area contributed by atoms with Gasteiger partial charge in [-0.05, 0) is 50.9 Å². The zero-order valence-corrected chi connectivity index (χ0v) is 27.7. The third-order valence-corrected chi connectivity index (χ3v) is 7.12. The summed E-state index contributed by atoms with van der Waals surface area (Å²) in [6.07, 6.45) is 33.7. The predicted octanol–water partition coefficient (Wildman–Crippen LogP) is 9.11. The van der Waals surface area contributed by atoms with Crippen molar-refractivity contribution >= 4 is 11.9 Å². The van der Waals surface area contributed by atoms with E-state index in [-0.39, 0.29) is 37.7 Å². The van der Waals surface area contributed by atoms with Crippen molar-refractivity contribution in [2.24, 2.45) is 5.92 Å². The van der Waals surface area contributed by atoms with Crippen LogP contribution in [0, 0.1) is 5.92 Å². The molecule has 0 aromatic heterocycles. The van der Waals surface area contributed by atoms with Crippen molar-refractivity contribution in [1.82, 2.24) is 0 Å². The van der Waals surface area contributed by atoms with Gasteiger partial charge in [-0.3, -0.25) is 9.59 Å². The Morgan fingerprint density at radius 2 is 1.23 bits per heavy atom. The van der Waals surface area contributed by atoms with Gasteiger partial charge in [0.25, 0.3) is 0 Å². The second kappa shape index (κ2) is 31.3. The van der Waals surface area contributed by atoms with Gasteiger partial charge in [0, 0.05) is 12.8 Å². The molecule has 0 aromatic rings. The van der Waals surface area contributed by atoms with Crippen molar-refractivity contribution < 1.29 is 29.3 Å². The molecule has 0 saturated heterocycles. The van der Waals surface area contributed by atoms with E-state index in [1.165, 1.54) is 38.5 Å². The summed E-state index contributed by atoms with van der Waals surface area (Å²) in [5.74, 6) is 0.112. The van der Waals surface area contributed by atoms with E-state index in [0.717, 1.165) is 70.1 Å². The van der Waals surface area contributed by atoms with Crippen LogP contribution in [0.15, 0.2) is 48.6 Å². The van der Waals surface area contributed by atoms with Gasteiger partial charge in [0.15, 0.2) is 6.10 Å². The van der Waals surface area contributed by atoms with E-state index < -0.39 is 6.10 Å². The smallest absolute Gasteiger partial charge is 0.306 e. The predicted molar refractivity (Wildman–Crippen MR) is 179 cm³/mol. The van der Waals surface area contributed by atoms with Crippen molar-refractivity contribution in [2.45, 2.75) is 155 Å². The van der Waals surface area contributed by atoms with Crippen molar-refractivity contribution in [3.8, 4) is 0 Å². The van der Waals surface area contributed by atoms with Gasteiger partial charge in [0.05, 0.1) is 12.7 Å². The fourth-order valence-corrected chi connectivity index (χ4v) is 4.45. The van der Waals surface area contributed by atoms with E-state index in [1.54, 1.807) is 0 Å². The Kier molecular flexibility index (Phi) is 29.7. The van der Waals surface area contributed by atoms with Crippen LogP contribution >= 0.6 is 0 Å². The van der Waals surface area contributed by atoms with Crippen LogP contribution in [0.5, 0.6) is 0 Å². The summed E-state index contributed by atoms with van der Waals surface area (Å²) in [6, 6.07) is 0. The molecular formula is C37H64O6. The molecule has 0 aliphatic rings. The quantitative estimate of drug-likeness (QED) is 0.0502. The number of rotatable bonds is 29. The van der Waals surface area contributed by atoms with Gasteiger partial charge in [-0.1, -0.05) is 134 Å². The SMILES string of the molecule is CCCC[C@@H](O)/C=C\C/C=C\C/C=C\C/C=C\CCCC(=O)O[C@@H](CO)COC(=O)CCCCCCCCCCC(C)C. The number of hydrogen-bond donors (Lipinski definition) is 2. The van der Waals surface area contributed by atoms with Crippen molar-refractivity contribution in [2.75, 3.05) is 13.2 Å². The largest absolute Gasteiger partial charge is 0.462 e. The van der Waals surface area contributed by atoms with Gasteiger partial charge in [-0.25, -0.2) is 0 Å². The summed E-state index contributed by atoms with van der Waals surface area (Å²) in [7, 11) is 0. The Morgan fingerprint density at radius 1 is 0.674 bits per heavy atom. The number of aliphatic hydroxyl groups excluding tert-OH is 2. The number of aliphatic hydroxyl groups is 2. The van der Waals surface area contributed by atoms with Crippen LogP contribution in [0.2, 0.25) is 0 Å². The summed E-state index contributed by atoms with van der Waals surface area (Å²) >= 11 is 0. The highest BCUT2D eigenvalue weighted by Crippen LogP contribution is 2.13. The number of carbonyl (C=O) groups excluding carboxylic acids is 2. The van der Waals surface area contributed by atoms with Crippen LogP contribution in [0.4, 0.5) is 0 Å². The molecule has 0 bridgehead atoms. The molecule has 0 heterocycles. The molecule has 0 fully saturated rings. The molecule has 2 atom stereocenters. The third-order valence-electron chi connectivity index (χ3n) is 7.12. The van der Waals surface area contributed by atoms with Crippen LogP contribution in [-0.2, 0) is 19.1 Å². The highest BCUT2D eigenvalue weighted by Gasteiger charge is 2.15. The van der Waals surface area contributed by atoms with Crippen molar-refractivity contribution in [3.05, 3.63) is 48.6 Å². The van der Waals surface area contributed by atoms with Gasteiger partial charge >= 0.3 is 11.9 Å². The lowest BCUT2D eigenvalue weighted by Crippen LogP contribution is -2.28. The third kappa shape index (κ3) is 31.1. The molecule has 0 rings (SSSR count). The fraction of sp³-hybridized carbons (Fsp3) is 0.730. The Hall–Kier alpha value is -2.18. The number of unbranched alkanes of at least 4 members (excludes halogenated alkanes) is 9. The average molecular weight is 605 g/mol. The fourth-order valence-electron chi connectivity index (χ4n) is 4.45. The Labute approximate surface area is 263 Å². The average Bonchev–Trinajstić information content (AvgIpc) is 2.98. The van der Waals surface area contributed by atoms with Gasteiger partial charge in [0.1, 0.15) is 6.61 Å². The molecule has 0 saturated carbocycles. The molecule has 0 amide bonds. The zero-order valence-electron chi connectivity index (χ0n) is 27.7. The monoisotopic (exact) mass is 604 g/mol. The molecule has 6 heteroatoms. The summed E-state index contributed by atoms with van der Waals surface area (Å²) in [5, 5.41) is 19.2. The second-order valence-electron chi connectivity index (χ2n) is 11.9. The van der Waals surface area contributed by atoms with E-state index in [2.05, 4.69) is 57.2 Å². The van der Waals surface area contributed by atoms with Crippen LogP contribution in [-0.4, -0.2) is 47.6 Å². The maximum atomic E-state index is 12.1.